The van der Waals surface area contributed by atoms with E-state index in [1.54, 1.807) is 12.1 Å². The van der Waals surface area contributed by atoms with Gasteiger partial charge in [-0.05, 0) is 37.1 Å². The number of halogens is 3. The minimum Gasteiger partial charge on any atom is -0.459 e. The van der Waals surface area contributed by atoms with Crippen LogP contribution in [0.1, 0.15) is 40.6 Å². The molecule has 1 amide bonds. The number of carbonyl (C=O) groups excluding carboxylic acids is 1. The lowest BCUT2D eigenvalue weighted by molar-refractivity contribution is -0.138. The lowest BCUT2D eigenvalue weighted by Crippen LogP contribution is -2.38. The Bertz CT molecular complexity index is 958. The summed E-state index contributed by atoms with van der Waals surface area (Å²) >= 11 is 0. The molecule has 3 heterocycles. The van der Waals surface area contributed by atoms with Gasteiger partial charge in [-0.1, -0.05) is 12.1 Å². The van der Waals surface area contributed by atoms with Gasteiger partial charge in [0.1, 0.15) is 0 Å². The molecule has 0 N–H and O–H groups in total. The van der Waals surface area contributed by atoms with Crippen LogP contribution in [-0.2, 0) is 6.18 Å². The summed E-state index contributed by atoms with van der Waals surface area (Å²) in [5.41, 5.74) is -1.24. The molecule has 1 aromatic carbocycles. The largest absolute Gasteiger partial charge is 0.459 e. The van der Waals surface area contributed by atoms with Crippen LogP contribution >= 0.6 is 0 Å². The van der Waals surface area contributed by atoms with Crippen LogP contribution < -0.4 is 0 Å². The van der Waals surface area contributed by atoms with Crippen LogP contribution in [0.15, 0.2) is 51.5 Å². The molecule has 2 aromatic heterocycles. The number of hydrogen-bond acceptors (Lipinski definition) is 5. The van der Waals surface area contributed by atoms with E-state index in [4.69, 9.17) is 8.83 Å². The average molecular weight is 391 g/mol. The zero-order valence-corrected chi connectivity index (χ0v) is 14.6. The second-order valence-corrected chi connectivity index (χ2v) is 6.53. The van der Waals surface area contributed by atoms with Crippen molar-refractivity contribution in [2.45, 2.75) is 24.9 Å². The predicted molar refractivity (Wildman–Crippen MR) is 91.3 cm³/mol. The predicted octanol–water partition coefficient (Wildman–Crippen LogP) is 4.37. The molecule has 146 valence electrons. The minimum atomic E-state index is -4.57. The van der Waals surface area contributed by atoms with Gasteiger partial charge in [0.2, 0.25) is 5.89 Å². The second-order valence-electron chi connectivity index (χ2n) is 6.53. The minimum absolute atomic E-state index is 0.0573. The highest BCUT2D eigenvalue weighted by Crippen LogP contribution is 2.34. The molecule has 4 rings (SSSR count). The van der Waals surface area contributed by atoms with Crippen molar-refractivity contribution in [1.29, 1.82) is 0 Å². The Morgan fingerprint density at radius 2 is 1.82 bits per heavy atom. The molecule has 0 spiro atoms. The molecular weight excluding hydrogens is 375 g/mol. The number of furan rings is 1. The molecule has 0 unspecified atom stereocenters. The molecule has 1 aliphatic rings. The van der Waals surface area contributed by atoms with Gasteiger partial charge >= 0.3 is 6.18 Å². The number of likely N-dealkylation sites (tertiary alicyclic amines) is 1. The summed E-state index contributed by atoms with van der Waals surface area (Å²) in [7, 11) is 0. The van der Waals surface area contributed by atoms with Crippen molar-refractivity contribution in [1.82, 2.24) is 15.1 Å². The van der Waals surface area contributed by atoms with E-state index in [0.29, 0.717) is 37.6 Å². The number of hydrogen-bond donors (Lipinski definition) is 0. The van der Waals surface area contributed by atoms with Crippen LogP contribution in [-0.4, -0.2) is 34.1 Å². The maximum atomic E-state index is 13.2. The fraction of sp³-hybridized carbons (Fsp3) is 0.316. The normalized spacial score (nSPS) is 15.8. The number of aromatic nitrogens is 2. The standard InChI is InChI=1S/C19H16F3N3O3/c20-19(21,22)14-5-2-1-4-13(14)18(26)25-9-7-12(8-10-25)16-23-24-17(28-16)15-6-3-11-27-15/h1-6,11-12H,7-10H2. The molecule has 0 radical (unpaired) electrons. The molecule has 1 saturated heterocycles. The smallest absolute Gasteiger partial charge is 0.417 e. The Morgan fingerprint density at radius 3 is 2.50 bits per heavy atom. The van der Waals surface area contributed by atoms with Crippen molar-refractivity contribution in [2.24, 2.45) is 0 Å². The Morgan fingerprint density at radius 1 is 1.07 bits per heavy atom. The number of alkyl halides is 3. The first kappa shape index (κ1) is 18.3. The van der Waals surface area contributed by atoms with Crippen LogP contribution in [0, 0.1) is 0 Å². The molecule has 0 bridgehead atoms. The first-order chi connectivity index (χ1) is 13.4. The molecule has 28 heavy (non-hydrogen) atoms. The van der Waals surface area contributed by atoms with Gasteiger partial charge in [-0.2, -0.15) is 13.2 Å². The number of amides is 1. The topological polar surface area (TPSA) is 72.4 Å². The summed E-state index contributed by atoms with van der Waals surface area (Å²) in [6.45, 7) is 0.627. The highest BCUT2D eigenvalue weighted by Gasteiger charge is 2.37. The number of rotatable bonds is 3. The van der Waals surface area contributed by atoms with E-state index in [2.05, 4.69) is 10.2 Å². The summed E-state index contributed by atoms with van der Waals surface area (Å²) in [6.07, 6.45) is -2.02. The van der Waals surface area contributed by atoms with E-state index < -0.39 is 17.6 Å². The van der Waals surface area contributed by atoms with Gasteiger partial charge in [-0.25, -0.2) is 0 Å². The SMILES string of the molecule is O=C(c1ccccc1C(F)(F)F)N1CCC(c2nnc(-c3ccco3)o2)CC1. The first-order valence-electron chi connectivity index (χ1n) is 8.76. The highest BCUT2D eigenvalue weighted by atomic mass is 19.4. The molecule has 1 aliphatic heterocycles. The maximum absolute atomic E-state index is 13.2. The zero-order valence-electron chi connectivity index (χ0n) is 14.6. The lowest BCUT2D eigenvalue weighted by Gasteiger charge is -2.31. The van der Waals surface area contributed by atoms with Crippen LogP contribution in [0.4, 0.5) is 13.2 Å². The molecular formula is C19H16F3N3O3. The Labute approximate surface area is 158 Å². The van der Waals surface area contributed by atoms with Crippen molar-refractivity contribution in [3.63, 3.8) is 0 Å². The van der Waals surface area contributed by atoms with Crippen LogP contribution in [0.3, 0.4) is 0 Å². The van der Waals surface area contributed by atoms with Crippen molar-refractivity contribution in [3.05, 3.63) is 59.7 Å². The third-order valence-electron chi connectivity index (χ3n) is 4.77. The number of carbonyl (C=O) groups is 1. The Hall–Kier alpha value is -3.10. The second kappa shape index (κ2) is 7.14. The van der Waals surface area contributed by atoms with Crippen LogP contribution in [0.5, 0.6) is 0 Å². The lowest BCUT2D eigenvalue weighted by atomic mass is 9.95. The van der Waals surface area contributed by atoms with Gasteiger partial charge in [-0.15, -0.1) is 10.2 Å². The van der Waals surface area contributed by atoms with Gasteiger partial charge in [0, 0.05) is 19.0 Å². The van der Waals surface area contributed by atoms with Gasteiger partial charge in [0.15, 0.2) is 5.76 Å². The van der Waals surface area contributed by atoms with Crippen molar-refractivity contribution >= 4 is 5.91 Å². The van der Waals surface area contributed by atoms with E-state index in [0.717, 1.165) is 6.07 Å². The quantitative estimate of drug-likeness (QED) is 0.663. The van der Waals surface area contributed by atoms with Crippen molar-refractivity contribution in [3.8, 4) is 11.7 Å². The van der Waals surface area contributed by atoms with E-state index in [9.17, 15) is 18.0 Å². The van der Waals surface area contributed by atoms with Gasteiger partial charge in [0.25, 0.3) is 11.8 Å². The highest BCUT2D eigenvalue weighted by molar-refractivity contribution is 5.96. The van der Waals surface area contributed by atoms with Crippen LogP contribution in [0.25, 0.3) is 11.7 Å². The molecule has 0 atom stereocenters. The molecule has 9 heteroatoms. The third-order valence-corrected chi connectivity index (χ3v) is 4.77. The molecule has 1 fully saturated rings. The summed E-state index contributed by atoms with van der Waals surface area (Å²) in [6, 6.07) is 8.26. The molecule has 0 saturated carbocycles. The molecule has 0 aliphatic carbocycles. The monoisotopic (exact) mass is 391 g/mol. The van der Waals surface area contributed by atoms with Crippen LogP contribution in [0.2, 0.25) is 0 Å². The van der Waals surface area contributed by atoms with E-state index in [1.165, 1.54) is 29.4 Å². The Kier molecular flexibility index (Phi) is 4.66. The number of nitrogens with zero attached hydrogens (tertiary/aromatic N) is 3. The summed E-state index contributed by atoms with van der Waals surface area (Å²) in [5.74, 6) is 0.508. The van der Waals surface area contributed by atoms with Crippen molar-refractivity contribution < 1.29 is 26.8 Å². The average Bonchev–Trinajstić information content (AvgIpc) is 3.38. The zero-order chi connectivity index (χ0) is 19.7. The molecule has 6 nitrogen and oxygen atoms in total. The van der Waals surface area contributed by atoms with Gasteiger partial charge in [-0.3, -0.25) is 4.79 Å². The molecule has 3 aromatic rings. The Balaban J connectivity index is 1.44. The summed E-state index contributed by atoms with van der Waals surface area (Å²) < 4.78 is 50.4. The van der Waals surface area contributed by atoms with Crippen molar-refractivity contribution in [2.75, 3.05) is 13.1 Å². The number of piperidine rings is 1. The van der Waals surface area contributed by atoms with Gasteiger partial charge in [0.05, 0.1) is 17.4 Å². The fourth-order valence-electron chi connectivity index (χ4n) is 3.32. The van der Waals surface area contributed by atoms with E-state index in [1.807, 2.05) is 0 Å². The van der Waals surface area contributed by atoms with E-state index in [-0.39, 0.29) is 17.4 Å². The summed E-state index contributed by atoms with van der Waals surface area (Å²) in [4.78, 5) is 14.1. The maximum Gasteiger partial charge on any atom is 0.417 e. The summed E-state index contributed by atoms with van der Waals surface area (Å²) in [5, 5.41) is 8.00. The fourth-order valence-corrected chi connectivity index (χ4v) is 3.32. The first-order valence-corrected chi connectivity index (χ1v) is 8.76. The third kappa shape index (κ3) is 3.51. The number of benzene rings is 1. The van der Waals surface area contributed by atoms with E-state index >= 15 is 0 Å². The van der Waals surface area contributed by atoms with Gasteiger partial charge < -0.3 is 13.7 Å².